The number of nitrogens with zero attached hydrogens (tertiary/aromatic N) is 2. The van der Waals surface area contributed by atoms with Gasteiger partial charge in [-0.1, -0.05) is 66.2 Å². The van der Waals surface area contributed by atoms with Crippen LogP contribution in [-0.2, 0) is 11.3 Å². The average molecular weight is 399 g/mol. The largest absolute Gasteiger partial charge is 0.342 e. The monoisotopic (exact) mass is 398 g/mol. The van der Waals surface area contributed by atoms with Gasteiger partial charge < -0.3 is 9.47 Å². The number of carbonyl (C=O) groups is 1. The predicted molar refractivity (Wildman–Crippen MR) is 120 cm³/mol. The van der Waals surface area contributed by atoms with Crippen molar-refractivity contribution >= 4 is 45.7 Å². The summed E-state index contributed by atoms with van der Waals surface area (Å²) in [7, 11) is 1.82. The summed E-state index contributed by atoms with van der Waals surface area (Å²) in [4.78, 5) is 14.6. The van der Waals surface area contributed by atoms with Crippen LogP contribution >= 0.6 is 11.6 Å². The van der Waals surface area contributed by atoms with E-state index in [0.29, 0.717) is 6.54 Å². The molecule has 0 atom stereocenters. The molecule has 3 nitrogen and oxygen atoms in total. The maximum atomic E-state index is 12.9. The number of halogens is 1. The lowest BCUT2D eigenvalue weighted by Crippen LogP contribution is -2.20. The molecule has 0 saturated carbocycles. The van der Waals surface area contributed by atoms with Crippen molar-refractivity contribution in [3.63, 3.8) is 0 Å². The second-order valence-corrected chi connectivity index (χ2v) is 7.67. The van der Waals surface area contributed by atoms with Gasteiger partial charge in [-0.25, -0.2) is 0 Å². The van der Waals surface area contributed by atoms with E-state index in [1.807, 2.05) is 73.8 Å². The first-order valence-electron chi connectivity index (χ1n) is 9.54. The van der Waals surface area contributed by atoms with Crippen molar-refractivity contribution in [2.75, 3.05) is 11.9 Å². The van der Waals surface area contributed by atoms with Crippen LogP contribution in [0.3, 0.4) is 0 Å². The zero-order valence-electron chi connectivity index (χ0n) is 16.0. The summed E-state index contributed by atoms with van der Waals surface area (Å²) in [6.45, 7) is 0.674. The van der Waals surface area contributed by atoms with Crippen LogP contribution in [0, 0.1) is 0 Å². The Morgan fingerprint density at radius 2 is 1.66 bits per heavy atom. The van der Waals surface area contributed by atoms with Gasteiger partial charge in [-0.05, 0) is 29.8 Å². The van der Waals surface area contributed by atoms with E-state index in [-0.39, 0.29) is 5.91 Å². The van der Waals surface area contributed by atoms with Crippen LogP contribution in [0.1, 0.15) is 16.7 Å². The van der Waals surface area contributed by atoms with Crippen LogP contribution in [-0.4, -0.2) is 17.5 Å². The first kappa shape index (κ1) is 17.8. The van der Waals surface area contributed by atoms with E-state index in [9.17, 15) is 4.79 Å². The molecule has 1 aliphatic rings. The van der Waals surface area contributed by atoms with E-state index >= 15 is 0 Å². The number of amides is 1. The summed E-state index contributed by atoms with van der Waals surface area (Å²) in [5.41, 5.74) is 5.86. The van der Waals surface area contributed by atoms with Crippen molar-refractivity contribution in [1.29, 1.82) is 0 Å². The fraction of sp³-hybridized carbons (Fsp3) is 0.0800. The molecule has 0 bridgehead atoms. The first-order chi connectivity index (χ1) is 14.1. The van der Waals surface area contributed by atoms with Gasteiger partial charge >= 0.3 is 0 Å². The number of para-hydroxylation sites is 2. The molecule has 0 saturated heterocycles. The fourth-order valence-electron chi connectivity index (χ4n) is 4.03. The molecule has 1 aromatic heterocycles. The van der Waals surface area contributed by atoms with Crippen LogP contribution in [0.15, 0.2) is 79.0 Å². The number of rotatable bonds is 3. The van der Waals surface area contributed by atoms with Gasteiger partial charge in [0.2, 0.25) is 0 Å². The fourth-order valence-corrected chi connectivity index (χ4v) is 4.22. The highest BCUT2D eigenvalue weighted by atomic mass is 35.5. The summed E-state index contributed by atoms with van der Waals surface area (Å²) in [5, 5.41) is 1.87. The van der Waals surface area contributed by atoms with Gasteiger partial charge in [0.1, 0.15) is 0 Å². The van der Waals surface area contributed by atoms with Crippen molar-refractivity contribution in [2.24, 2.45) is 0 Å². The van der Waals surface area contributed by atoms with Gasteiger partial charge in [0, 0.05) is 52.4 Å². The van der Waals surface area contributed by atoms with Crippen LogP contribution < -0.4 is 4.90 Å². The molecule has 1 amide bonds. The zero-order valence-corrected chi connectivity index (χ0v) is 16.7. The molecule has 29 heavy (non-hydrogen) atoms. The predicted octanol–water partition coefficient (Wildman–Crippen LogP) is 5.86. The molecule has 0 unspecified atom stereocenters. The molecular weight excluding hydrogens is 380 g/mol. The van der Waals surface area contributed by atoms with Crippen molar-refractivity contribution in [2.45, 2.75) is 6.54 Å². The standard InChI is InChI=1S/C25H19ClN2O/c1-27-23-12-6-4-10-20(23)21(25(27)29)14-18-16-28(24-13-7-3-9-19(18)24)15-17-8-2-5-11-22(17)26/h2-14,16H,15H2,1H3. The van der Waals surface area contributed by atoms with Crippen molar-refractivity contribution in [3.05, 3.63) is 101 Å². The second-order valence-electron chi connectivity index (χ2n) is 7.26. The number of aromatic nitrogens is 1. The molecule has 142 valence electrons. The van der Waals surface area contributed by atoms with E-state index < -0.39 is 0 Å². The molecule has 0 radical (unpaired) electrons. The lowest BCUT2D eigenvalue weighted by molar-refractivity contribution is -0.112. The average Bonchev–Trinajstić information content (AvgIpc) is 3.21. The summed E-state index contributed by atoms with van der Waals surface area (Å²) in [6, 6.07) is 24.1. The maximum Gasteiger partial charge on any atom is 0.258 e. The Hall–Kier alpha value is -3.30. The molecule has 4 aromatic rings. The molecular formula is C25H19ClN2O. The van der Waals surface area contributed by atoms with Gasteiger partial charge in [0.25, 0.3) is 5.91 Å². The Morgan fingerprint density at radius 3 is 2.52 bits per heavy atom. The SMILES string of the molecule is CN1C(=O)C(=Cc2cn(Cc3ccccc3Cl)c3ccccc23)c2ccccc21. The minimum atomic E-state index is 0.0223. The van der Waals surface area contributed by atoms with Crippen molar-refractivity contribution < 1.29 is 4.79 Å². The van der Waals surface area contributed by atoms with E-state index in [1.165, 1.54) is 0 Å². The van der Waals surface area contributed by atoms with E-state index in [0.717, 1.165) is 43.9 Å². The Bertz CT molecular complexity index is 1280. The van der Waals surface area contributed by atoms with Gasteiger partial charge in [-0.15, -0.1) is 0 Å². The van der Waals surface area contributed by atoms with Gasteiger partial charge in [-0.2, -0.15) is 0 Å². The molecule has 0 aliphatic carbocycles. The van der Waals surface area contributed by atoms with Gasteiger partial charge in [0.05, 0.1) is 5.69 Å². The minimum Gasteiger partial charge on any atom is -0.342 e. The number of anilines is 1. The van der Waals surface area contributed by atoms with Crippen LogP contribution in [0.4, 0.5) is 5.69 Å². The molecule has 0 fully saturated rings. The normalized spacial score (nSPS) is 14.8. The molecule has 5 rings (SSSR count). The summed E-state index contributed by atoms with van der Waals surface area (Å²) in [6.07, 6.45) is 4.12. The molecule has 0 spiro atoms. The Labute approximate surface area is 174 Å². The smallest absolute Gasteiger partial charge is 0.258 e. The van der Waals surface area contributed by atoms with Gasteiger partial charge in [0.15, 0.2) is 0 Å². The van der Waals surface area contributed by atoms with Crippen LogP contribution in [0.5, 0.6) is 0 Å². The Morgan fingerprint density at radius 1 is 0.931 bits per heavy atom. The molecule has 4 heteroatoms. The topological polar surface area (TPSA) is 25.2 Å². The third kappa shape index (κ3) is 2.95. The minimum absolute atomic E-state index is 0.0223. The number of likely N-dealkylation sites (N-methyl/N-ethyl adjacent to an activating group) is 1. The maximum absolute atomic E-state index is 12.9. The molecule has 2 heterocycles. The number of benzene rings is 3. The molecule has 3 aromatic carbocycles. The summed E-state index contributed by atoms with van der Waals surface area (Å²) < 4.78 is 2.19. The van der Waals surface area contributed by atoms with Crippen LogP contribution in [0.2, 0.25) is 5.02 Å². The third-order valence-corrected chi connectivity index (χ3v) is 5.88. The summed E-state index contributed by atoms with van der Waals surface area (Å²) in [5.74, 6) is 0.0223. The highest BCUT2D eigenvalue weighted by molar-refractivity contribution is 6.36. The lowest BCUT2D eigenvalue weighted by Gasteiger charge is -2.07. The zero-order chi connectivity index (χ0) is 20.0. The number of hydrogen-bond acceptors (Lipinski definition) is 1. The number of carbonyl (C=O) groups excluding carboxylic acids is 1. The Balaban J connectivity index is 1.65. The number of hydrogen-bond donors (Lipinski definition) is 0. The quantitative estimate of drug-likeness (QED) is 0.397. The highest BCUT2D eigenvalue weighted by Crippen LogP contribution is 2.37. The third-order valence-electron chi connectivity index (χ3n) is 5.51. The molecule has 0 N–H and O–H groups in total. The van der Waals surface area contributed by atoms with E-state index in [4.69, 9.17) is 11.6 Å². The van der Waals surface area contributed by atoms with Crippen LogP contribution in [0.25, 0.3) is 22.6 Å². The van der Waals surface area contributed by atoms with E-state index in [1.54, 1.807) is 4.90 Å². The van der Waals surface area contributed by atoms with Gasteiger partial charge in [-0.3, -0.25) is 4.79 Å². The van der Waals surface area contributed by atoms with E-state index in [2.05, 4.69) is 22.9 Å². The lowest BCUT2D eigenvalue weighted by atomic mass is 10.0. The second kappa shape index (κ2) is 6.94. The summed E-state index contributed by atoms with van der Waals surface area (Å²) >= 11 is 6.39. The Kier molecular flexibility index (Phi) is 4.26. The number of fused-ring (bicyclic) bond motifs is 2. The first-order valence-corrected chi connectivity index (χ1v) is 9.92. The highest BCUT2D eigenvalue weighted by Gasteiger charge is 2.29. The van der Waals surface area contributed by atoms with Crippen molar-refractivity contribution in [1.82, 2.24) is 4.57 Å². The van der Waals surface area contributed by atoms with Crippen molar-refractivity contribution in [3.8, 4) is 0 Å². The molecule has 1 aliphatic heterocycles.